The predicted octanol–water partition coefficient (Wildman–Crippen LogP) is 3.91. The van der Waals surface area contributed by atoms with Crippen LogP contribution < -0.4 is 5.32 Å². The molecular formula is C18H27NO4S. The Hall–Kier alpha value is -1.82. The van der Waals surface area contributed by atoms with E-state index in [2.05, 4.69) is 11.9 Å². The van der Waals surface area contributed by atoms with E-state index in [0.717, 1.165) is 0 Å². The van der Waals surface area contributed by atoms with Crippen LogP contribution in [-0.4, -0.2) is 25.5 Å². The van der Waals surface area contributed by atoms with Gasteiger partial charge < -0.3 is 10.1 Å². The Bertz CT molecular complexity index is 647. The molecule has 0 heterocycles. The number of rotatable bonds is 7. The van der Waals surface area contributed by atoms with Crippen LogP contribution in [0.25, 0.3) is 0 Å². The quantitative estimate of drug-likeness (QED) is 0.754. The van der Waals surface area contributed by atoms with Crippen molar-refractivity contribution in [1.29, 1.82) is 0 Å². The normalized spacial score (nSPS) is 14.5. The minimum Gasteiger partial charge on any atom is -0.444 e. The smallest absolute Gasteiger partial charge is 0.408 e. The second-order valence-electron chi connectivity index (χ2n) is 6.86. The molecule has 0 aromatic heterocycles. The Morgan fingerprint density at radius 3 is 2.38 bits per heavy atom. The number of alkyl carbamates (subject to hydrolysis) is 1. The molecule has 0 fully saturated rings. The first kappa shape index (κ1) is 20.2. The molecule has 0 aliphatic rings. The summed E-state index contributed by atoms with van der Waals surface area (Å²) in [5.41, 5.74) is -0.697. The Morgan fingerprint density at radius 2 is 1.88 bits per heavy atom. The van der Waals surface area contributed by atoms with Gasteiger partial charge in [0.15, 0.2) is 9.84 Å². The lowest BCUT2D eigenvalue weighted by molar-refractivity contribution is 0.0516. The Morgan fingerprint density at radius 1 is 1.29 bits per heavy atom. The number of allylic oxidation sites excluding steroid dienone is 1. The van der Waals surface area contributed by atoms with Gasteiger partial charge in [-0.2, -0.15) is 0 Å². The zero-order chi connectivity index (χ0) is 18.4. The molecule has 2 atom stereocenters. The average Bonchev–Trinajstić information content (AvgIpc) is 2.45. The summed E-state index contributed by atoms with van der Waals surface area (Å²) in [5, 5.41) is 1.47. The molecule has 2 unspecified atom stereocenters. The van der Waals surface area contributed by atoms with Gasteiger partial charge in [-0.25, -0.2) is 13.2 Å². The summed E-state index contributed by atoms with van der Waals surface area (Å²) in [6.07, 6.45) is 1.95. The van der Waals surface area contributed by atoms with Crippen LogP contribution in [0.3, 0.4) is 0 Å². The van der Waals surface area contributed by atoms with Crippen LogP contribution in [0.2, 0.25) is 0 Å². The number of hydrogen-bond donors (Lipinski definition) is 1. The summed E-state index contributed by atoms with van der Waals surface area (Å²) >= 11 is 0. The molecule has 0 saturated carbocycles. The highest BCUT2D eigenvalue weighted by molar-refractivity contribution is 7.92. The summed E-state index contributed by atoms with van der Waals surface area (Å²) in [6.45, 7) is 10.8. The first-order valence-electron chi connectivity index (χ1n) is 7.95. The third-order valence-electron chi connectivity index (χ3n) is 3.31. The highest BCUT2D eigenvalue weighted by Gasteiger charge is 2.31. The molecule has 0 aliphatic carbocycles. The number of hydrogen-bond acceptors (Lipinski definition) is 4. The average molecular weight is 353 g/mol. The fourth-order valence-electron chi connectivity index (χ4n) is 2.22. The predicted molar refractivity (Wildman–Crippen MR) is 95.4 cm³/mol. The summed E-state index contributed by atoms with van der Waals surface area (Å²) in [7, 11) is -3.71. The van der Waals surface area contributed by atoms with Crippen molar-refractivity contribution in [2.45, 2.75) is 56.4 Å². The third-order valence-corrected chi connectivity index (χ3v) is 5.30. The molecule has 1 amide bonds. The molecule has 6 heteroatoms. The molecule has 1 aromatic carbocycles. The largest absolute Gasteiger partial charge is 0.444 e. The van der Waals surface area contributed by atoms with Gasteiger partial charge in [0.25, 0.3) is 0 Å². The van der Waals surface area contributed by atoms with Crippen molar-refractivity contribution in [2.75, 3.05) is 0 Å². The maximum absolute atomic E-state index is 12.9. The van der Waals surface area contributed by atoms with Crippen LogP contribution in [-0.2, 0) is 14.6 Å². The maximum atomic E-state index is 12.9. The molecule has 0 saturated heterocycles. The molecule has 1 aromatic rings. The van der Waals surface area contributed by atoms with E-state index in [9.17, 15) is 13.2 Å². The van der Waals surface area contributed by atoms with Gasteiger partial charge in [0.2, 0.25) is 0 Å². The van der Waals surface area contributed by atoms with E-state index in [0.29, 0.717) is 6.42 Å². The minimum atomic E-state index is -3.71. The molecule has 1 rings (SSSR count). The highest BCUT2D eigenvalue weighted by Crippen LogP contribution is 2.22. The standard InChI is InChI=1S/C18H27NO4S/c1-6-10-14(2)13-16(19-17(20)23-18(3,4)5)24(21,22)15-11-8-7-9-12-15/h6-9,11-12,14,16H,1,10,13H2,2-5H3,(H,19,20). The van der Waals surface area contributed by atoms with Crippen molar-refractivity contribution in [1.82, 2.24) is 5.32 Å². The van der Waals surface area contributed by atoms with Crippen LogP contribution in [0.1, 0.15) is 40.5 Å². The van der Waals surface area contributed by atoms with Crippen molar-refractivity contribution >= 4 is 15.9 Å². The van der Waals surface area contributed by atoms with E-state index < -0.39 is 26.9 Å². The van der Waals surface area contributed by atoms with Gasteiger partial charge >= 0.3 is 6.09 Å². The van der Waals surface area contributed by atoms with Crippen molar-refractivity contribution in [3.63, 3.8) is 0 Å². The third kappa shape index (κ3) is 6.35. The highest BCUT2D eigenvalue weighted by atomic mass is 32.2. The fraction of sp³-hybridized carbons (Fsp3) is 0.500. The van der Waals surface area contributed by atoms with Gasteiger partial charge in [0.05, 0.1) is 4.90 Å². The van der Waals surface area contributed by atoms with Gasteiger partial charge in [-0.1, -0.05) is 31.2 Å². The van der Waals surface area contributed by atoms with Crippen LogP contribution in [0.4, 0.5) is 4.79 Å². The molecule has 0 spiro atoms. The van der Waals surface area contributed by atoms with Crippen molar-refractivity contribution in [3.05, 3.63) is 43.0 Å². The van der Waals surface area contributed by atoms with E-state index in [-0.39, 0.29) is 17.2 Å². The Labute approximate surface area is 145 Å². The number of amides is 1. The number of nitrogens with one attached hydrogen (secondary N) is 1. The number of ether oxygens (including phenoxy) is 1. The summed E-state index contributed by atoms with van der Waals surface area (Å²) < 4.78 is 31.0. The number of benzene rings is 1. The SMILES string of the molecule is C=CCC(C)CC(NC(=O)OC(C)(C)C)S(=O)(=O)c1ccccc1. The zero-order valence-electron chi connectivity index (χ0n) is 14.8. The van der Waals surface area contributed by atoms with Crippen molar-refractivity contribution in [2.24, 2.45) is 5.92 Å². The Kier molecular flexibility index (Phi) is 7.02. The van der Waals surface area contributed by atoms with Gasteiger partial charge in [0.1, 0.15) is 11.0 Å². The second kappa shape index (κ2) is 8.33. The van der Waals surface area contributed by atoms with E-state index in [4.69, 9.17) is 4.74 Å². The number of sulfone groups is 1. The first-order chi connectivity index (χ1) is 11.1. The van der Waals surface area contributed by atoms with Gasteiger partial charge in [-0.3, -0.25) is 0 Å². The van der Waals surface area contributed by atoms with E-state index >= 15 is 0 Å². The van der Waals surface area contributed by atoms with Crippen LogP contribution in [0, 0.1) is 5.92 Å². The lowest BCUT2D eigenvalue weighted by Crippen LogP contribution is -2.44. The monoisotopic (exact) mass is 353 g/mol. The molecule has 5 nitrogen and oxygen atoms in total. The topological polar surface area (TPSA) is 72.5 Å². The zero-order valence-corrected chi connectivity index (χ0v) is 15.6. The van der Waals surface area contributed by atoms with Gasteiger partial charge in [-0.05, 0) is 51.7 Å². The lowest BCUT2D eigenvalue weighted by Gasteiger charge is -2.25. The molecule has 0 radical (unpaired) electrons. The lowest BCUT2D eigenvalue weighted by atomic mass is 10.0. The fourth-order valence-corrected chi connectivity index (χ4v) is 3.92. The molecule has 0 bridgehead atoms. The molecule has 1 N–H and O–H groups in total. The van der Waals surface area contributed by atoms with E-state index in [1.54, 1.807) is 45.0 Å². The van der Waals surface area contributed by atoms with E-state index in [1.807, 2.05) is 6.92 Å². The molecule has 134 valence electrons. The first-order valence-corrected chi connectivity index (χ1v) is 9.50. The van der Waals surface area contributed by atoms with E-state index in [1.165, 1.54) is 12.1 Å². The van der Waals surface area contributed by atoms with Crippen LogP contribution in [0.5, 0.6) is 0 Å². The van der Waals surface area contributed by atoms with Crippen LogP contribution >= 0.6 is 0 Å². The van der Waals surface area contributed by atoms with Crippen LogP contribution in [0.15, 0.2) is 47.9 Å². The van der Waals surface area contributed by atoms with Gasteiger partial charge in [0, 0.05) is 0 Å². The molecule has 0 aliphatic heterocycles. The summed E-state index contributed by atoms with van der Waals surface area (Å²) in [6, 6.07) is 8.11. The number of carbonyl (C=O) groups excluding carboxylic acids is 1. The second-order valence-corrected chi connectivity index (χ2v) is 8.99. The van der Waals surface area contributed by atoms with Crippen molar-refractivity contribution < 1.29 is 17.9 Å². The summed E-state index contributed by atoms with van der Waals surface area (Å²) in [4.78, 5) is 12.2. The summed E-state index contributed by atoms with van der Waals surface area (Å²) in [5.74, 6) is 0.0564. The van der Waals surface area contributed by atoms with Gasteiger partial charge in [-0.15, -0.1) is 6.58 Å². The molecular weight excluding hydrogens is 326 g/mol. The Balaban J connectivity index is 3.05. The van der Waals surface area contributed by atoms with Crippen molar-refractivity contribution in [3.8, 4) is 0 Å². The minimum absolute atomic E-state index is 0.0564. The molecule has 24 heavy (non-hydrogen) atoms. The maximum Gasteiger partial charge on any atom is 0.408 e. The number of carbonyl (C=O) groups is 1.